The van der Waals surface area contributed by atoms with Crippen LogP contribution in [0.1, 0.15) is 55.3 Å². The predicted molar refractivity (Wildman–Crippen MR) is 156 cm³/mol. The molecule has 1 aromatic heterocycles. The van der Waals surface area contributed by atoms with Gasteiger partial charge in [0.2, 0.25) is 21.8 Å². The van der Waals surface area contributed by atoms with E-state index < -0.39 is 10.0 Å². The normalized spacial score (nSPS) is 15.6. The highest BCUT2D eigenvalue weighted by Gasteiger charge is 2.35. The second kappa shape index (κ2) is 11.5. The second-order valence-corrected chi connectivity index (χ2v) is 13.6. The highest BCUT2D eigenvalue weighted by atomic mass is 32.2. The Labute approximate surface area is 235 Å². The van der Waals surface area contributed by atoms with Crippen molar-refractivity contribution in [2.45, 2.75) is 50.5 Å². The molecule has 1 aliphatic heterocycles. The molecule has 0 aliphatic carbocycles. The molecule has 0 spiro atoms. The highest BCUT2D eigenvalue weighted by molar-refractivity contribution is 7.89. The van der Waals surface area contributed by atoms with Gasteiger partial charge in [0.15, 0.2) is 0 Å². The van der Waals surface area contributed by atoms with Crippen LogP contribution in [0.25, 0.3) is 0 Å². The van der Waals surface area contributed by atoms with E-state index >= 15 is 0 Å². The summed E-state index contributed by atoms with van der Waals surface area (Å²) in [6, 6.07) is 16.1. The number of amides is 2. The summed E-state index contributed by atoms with van der Waals surface area (Å²) in [5, 5.41) is 4.68. The van der Waals surface area contributed by atoms with Crippen molar-refractivity contribution < 1.29 is 18.0 Å². The smallest absolute Gasteiger partial charge is 0.243 e. The zero-order valence-electron chi connectivity index (χ0n) is 22.8. The number of anilines is 1. The maximum absolute atomic E-state index is 13.8. The van der Waals surface area contributed by atoms with E-state index in [0.29, 0.717) is 12.2 Å². The molecule has 0 bridgehead atoms. The molecule has 2 amide bonds. The van der Waals surface area contributed by atoms with Gasteiger partial charge in [0, 0.05) is 30.6 Å². The molecule has 9 heteroatoms. The number of benzene rings is 2. The SMILES string of the molecule is C=CCN(CC(=O)N1CCc2sccc2C1c1ccc(C(C)(C)C)cc1)S(=O)(=O)c1ccc(NC(C)=O)cc1. The molecule has 1 aliphatic rings. The Morgan fingerprint density at radius 1 is 1.10 bits per heavy atom. The first-order chi connectivity index (χ1) is 18.4. The van der Waals surface area contributed by atoms with Crippen LogP contribution >= 0.6 is 11.3 Å². The molecule has 2 heterocycles. The Morgan fingerprint density at radius 2 is 1.77 bits per heavy atom. The number of hydrogen-bond donors (Lipinski definition) is 1. The number of carbonyl (C=O) groups excluding carboxylic acids is 2. The van der Waals surface area contributed by atoms with Crippen molar-refractivity contribution in [3.8, 4) is 0 Å². The van der Waals surface area contributed by atoms with Gasteiger partial charge >= 0.3 is 0 Å². The summed E-state index contributed by atoms with van der Waals surface area (Å²) in [5.74, 6) is -0.514. The third kappa shape index (κ3) is 6.32. The van der Waals surface area contributed by atoms with Crippen LogP contribution in [-0.4, -0.2) is 49.1 Å². The van der Waals surface area contributed by atoms with Crippen molar-refractivity contribution in [2.75, 3.05) is 25.0 Å². The number of nitrogens with zero attached hydrogens (tertiary/aromatic N) is 2. The molecule has 206 valence electrons. The maximum atomic E-state index is 13.8. The number of thiophene rings is 1. The molecule has 0 saturated heterocycles. The van der Waals surface area contributed by atoms with Crippen LogP contribution in [0.4, 0.5) is 5.69 Å². The first-order valence-electron chi connectivity index (χ1n) is 12.9. The number of sulfonamides is 1. The molecule has 2 aromatic carbocycles. The highest BCUT2D eigenvalue weighted by Crippen LogP contribution is 2.38. The number of rotatable bonds is 8. The van der Waals surface area contributed by atoms with E-state index in [1.54, 1.807) is 16.2 Å². The molecule has 1 N–H and O–H groups in total. The van der Waals surface area contributed by atoms with Gasteiger partial charge in [-0.15, -0.1) is 17.9 Å². The third-order valence-electron chi connectivity index (χ3n) is 6.84. The molecule has 0 saturated carbocycles. The quantitative estimate of drug-likeness (QED) is 0.373. The van der Waals surface area contributed by atoms with Crippen molar-refractivity contribution in [1.29, 1.82) is 0 Å². The van der Waals surface area contributed by atoms with Crippen LogP contribution in [0.5, 0.6) is 0 Å². The van der Waals surface area contributed by atoms with Gasteiger partial charge in [-0.05, 0) is 64.2 Å². The Kier molecular flexibility index (Phi) is 8.44. The Bertz CT molecular complexity index is 1450. The molecule has 39 heavy (non-hydrogen) atoms. The summed E-state index contributed by atoms with van der Waals surface area (Å²) in [4.78, 5) is 28.2. The van der Waals surface area contributed by atoms with Gasteiger partial charge in [-0.3, -0.25) is 9.59 Å². The third-order valence-corrected chi connectivity index (χ3v) is 9.66. The summed E-state index contributed by atoms with van der Waals surface area (Å²) in [7, 11) is -3.99. The van der Waals surface area contributed by atoms with Gasteiger partial charge < -0.3 is 10.2 Å². The van der Waals surface area contributed by atoms with E-state index in [1.807, 2.05) is 5.38 Å². The summed E-state index contributed by atoms with van der Waals surface area (Å²) < 4.78 is 28.2. The van der Waals surface area contributed by atoms with Gasteiger partial charge in [-0.2, -0.15) is 4.31 Å². The number of nitrogens with one attached hydrogen (secondary N) is 1. The lowest BCUT2D eigenvalue weighted by molar-refractivity contribution is -0.133. The van der Waals surface area contributed by atoms with Gasteiger partial charge in [0.25, 0.3) is 0 Å². The molecular weight excluding hydrogens is 530 g/mol. The largest absolute Gasteiger partial charge is 0.330 e. The average Bonchev–Trinajstić information content (AvgIpc) is 3.36. The number of fused-ring (bicyclic) bond motifs is 1. The van der Waals surface area contributed by atoms with Crippen LogP contribution in [-0.2, 0) is 31.4 Å². The van der Waals surface area contributed by atoms with Crippen LogP contribution in [0.15, 0.2) is 77.5 Å². The maximum Gasteiger partial charge on any atom is 0.243 e. The monoisotopic (exact) mass is 565 g/mol. The van der Waals surface area contributed by atoms with Gasteiger partial charge in [-0.1, -0.05) is 51.1 Å². The summed E-state index contributed by atoms with van der Waals surface area (Å²) in [6.07, 6.45) is 2.21. The van der Waals surface area contributed by atoms with Crippen molar-refractivity contribution in [3.63, 3.8) is 0 Å². The first-order valence-corrected chi connectivity index (χ1v) is 15.2. The standard InChI is InChI=1S/C30H35N3O4S2/c1-6-17-32(39(36,37)25-13-11-24(12-14-25)31-21(2)34)20-28(35)33-18-15-27-26(16-19-38-27)29(33)22-7-9-23(10-8-22)30(3,4)5/h6-14,16,19,29H,1,15,17-18,20H2,2-5H3,(H,31,34). The van der Waals surface area contributed by atoms with Crippen LogP contribution in [0.3, 0.4) is 0 Å². The molecule has 4 rings (SSSR count). The van der Waals surface area contributed by atoms with Crippen molar-refractivity contribution in [3.05, 3.63) is 94.2 Å². The fraction of sp³-hybridized carbons (Fsp3) is 0.333. The summed E-state index contributed by atoms with van der Waals surface area (Å²) in [5.41, 5.74) is 3.80. The van der Waals surface area contributed by atoms with Gasteiger partial charge in [-0.25, -0.2) is 8.42 Å². The molecule has 1 atom stereocenters. The Morgan fingerprint density at radius 3 is 2.36 bits per heavy atom. The van der Waals surface area contributed by atoms with E-state index in [0.717, 1.165) is 21.9 Å². The Hall–Kier alpha value is -3.27. The van der Waals surface area contributed by atoms with Crippen LogP contribution in [0, 0.1) is 0 Å². The topological polar surface area (TPSA) is 86.8 Å². The molecular formula is C30H35N3O4S2. The molecule has 1 unspecified atom stereocenters. The predicted octanol–water partition coefficient (Wildman–Crippen LogP) is 5.36. The van der Waals surface area contributed by atoms with E-state index in [4.69, 9.17) is 0 Å². The van der Waals surface area contributed by atoms with E-state index in [9.17, 15) is 18.0 Å². The molecule has 3 aromatic rings. The minimum absolute atomic E-state index is 0.00796. The summed E-state index contributed by atoms with van der Waals surface area (Å²) in [6.45, 7) is 11.8. The second-order valence-electron chi connectivity index (χ2n) is 10.7. The molecule has 0 radical (unpaired) electrons. The van der Waals surface area contributed by atoms with E-state index in [1.165, 1.54) is 47.7 Å². The zero-order valence-corrected chi connectivity index (χ0v) is 24.4. The number of hydrogen-bond acceptors (Lipinski definition) is 5. The van der Waals surface area contributed by atoms with Crippen molar-refractivity contribution >= 4 is 38.9 Å². The lowest BCUT2D eigenvalue weighted by atomic mass is 9.85. The van der Waals surface area contributed by atoms with Crippen molar-refractivity contribution in [2.24, 2.45) is 0 Å². The van der Waals surface area contributed by atoms with E-state index in [2.05, 4.69) is 63.0 Å². The summed E-state index contributed by atoms with van der Waals surface area (Å²) >= 11 is 1.69. The zero-order chi connectivity index (χ0) is 28.4. The lowest BCUT2D eigenvalue weighted by Crippen LogP contribution is -2.46. The van der Waals surface area contributed by atoms with Gasteiger partial charge in [0.1, 0.15) is 0 Å². The van der Waals surface area contributed by atoms with E-state index in [-0.39, 0.29) is 41.3 Å². The minimum Gasteiger partial charge on any atom is -0.330 e. The average molecular weight is 566 g/mol. The molecule has 0 fully saturated rings. The van der Waals surface area contributed by atoms with Gasteiger partial charge in [0.05, 0.1) is 17.5 Å². The fourth-order valence-electron chi connectivity index (χ4n) is 4.81. The minimum atomic E-state index is -3.99. The van der Waals surface area contributed by atoms with Crippen LogP contribution < -0.4 is 5.32 Å². The molecule has 7 nitrogen and oxygen atoms in total. The number of carbonyl (C=O) groups is 2. The van der Waals surface area contributed by atoms with Crippen molar-refractivity contribution in [1.82, 2.24) is 9.21 Å². The fourth-order valence-corrected chi connectivity index (χ4v) is 7.07. The first kappa shape index (κ1) is 28.7. The van der Waals surface area contributed by atoms with Crippen LogP contribution in [0.2, 0.25) is 0 Å². The lowest BCUT2D eigenvalue weighted by Gasteiger charge is -2.37. The Balaban J connectivity index is 1.62.